The normalized spacial score (nSPS) is 12.1. The van der Waals surface area contributed by atoms with Crippen molar-refractivity contribution in [1.29, 1.82) is 0 Å². The zero-order valence-electron chi connectivity index (χ0n) is 10.6. The van der Waals surface area contributed by atoms with Crippen molar-refractivity contribution in [2.75, 3.05) is 14.2 Å². The van der Waals surface area contributed by atoms with Crippen molar-refractivity contribution in [1.82, 2.24) is 10.9 Å². The minimum absolute atomic E-state index is 0.296. The Hall–Kier alpha value is -1.59. The van der Waals surface area contributed by atoms with Crippen LogP contribution in [0.15, 0.2) is 12.1 Å². The third-order valence-electron chi connectivity index (χ3n) is 2.52. The van der Waals surface area contributed by atoms with Gasteiger partial charge in [-0.15, -0.1) is 0 Å². The predicted molar refractivity (Wildman–Crippen MR) is 66.6 cm³/mol. The maximum absolute atomic E-state index is 11.7. The van der Waals surface area contributed by atoms with E-state index in [4.69, 9.17) is 10.5 Å². The first kappa shape index (κ1) is 13.5. The molecule has 1 amide bonds. The Bertz CT molecular complexity index is 418. The van der Waals surface area contributed by atoms with E-state index in [1.165, 1.54) is 0 Å². The van der Waals surface area contributed by atoms with Gasteiger partial charge in [-0.1, -0.05) is 17.7 Å². The number of hydrazine groups is 1. The van der Waals surface area contributed by atoms with Crippen LogP contribution in [0.4, 0.5) is 0 Å². The zero-order chi connectivity index (χ0) is 13.0. The molecule has 1 aromatic rings. The van der Waals surface area contributed by atoms with Crippen LogP contribution in [0.3, 0.4) is 0 Å². The molecule has 17 heavy (non-hydrogen) atoms. The first-order valence-electron chi connectivity index (χ1n) is 5.38. The van der Waals surface area contributed by atoms with Gasteiger partial charge in [-0.2, -0.15) is 0 Å². The van der Waals surface area contributed by atoms with Crippen molar-refractivity contribution < 1.29 is 9.53 Å². The minimum atomic E-state index is -0.754. The van der Waals surface area contributed by atoms with Crippen molar-refractivity contribution in [3.63, 3.8) is 0 Å². The molecule has 1 rings (SSSR count). The van der Waals surface area contributed by atoms with Gasteiger partial charge in [0.25, 0.3) is 5.91 Å². The third-order valence-corrected chi connectivity index (χ3v) is 2.52. The molecule has 0 fully saturated rings. The molecule has 0 radical (unpaired) electrons. The number of benzene rings is 1. The van der Waals surface area contributed by atoms with E-state index in [1.54, 1.807) is 14.2 Å². The molecule has 0 saturated carbocycles. The van der Waals surface area contributed by atoms with Gasteiger partial charge in [-0.25, -0.2) is 5.43 Å². The van der Waals surface area contributed by atoms with Crippen LogP contribution in [-0.4, -0.2) is 20.1 Å². The molecule has 5 heteroatoms. The van der Waals surface area contributed by atoms with Gasteiger partial charge in [0.2, 0.25) is 0 Å². The second kappa shape index (κ2) is 5.65. The van der Waals surface area contributed by atoms with Crippen LogP contribution in [0.25, 0.3) is 0 Å². The molecule has 0 aromatic heterocycles. The predicted octanol–water partition coefficient (Wildman–Crippen LogP) is 0.562. The first-order chi connectivity index (χ1) is 8.01. The lowest BCUT2D eigenvalue weighted by molar-refractivity contribution is -0.123. The molecule has 1 unspecified atom stereocenters. The first-order valence-corrected chi connectivity index (χ1v) is 5.38. The molecule has 0 spiro atoms. The standard InChI is InChI=1S/C12H19N3O2/c1-7-5-8(2)11(17-4)9(6-7)10(13)12(16)15-14-3/h5-6,10,14H,13H2,1-4H3,(H,15,16). The van der Waals surface area contributed by atoms with Crippen molar-refractivity contribution in [3.8, 4) is 5.75 Å². The van der Waals surface area contributed by atoms with Gasteiger partial charge in [-0.3, -0.25) is 10.2 Å². The topological polar surface area (TPSA) is 76.4 Å². The number of amides is 1. The number of ether oxygens (including phenoxy) is 1. The van der Waals surface area contributed by atoms with Crippen LogP contribution < -0.4 is 21.3 Å². The molecule has 0 aliphatic rings. The summed E-state index contributed by atoms with van der Waals surface area (Å²) in [6.07, 6.45) is 0. The molecule has 94 valence electrons. The van der Waals surface area contributed by atoms with E-state index in [0.717, 1.165) is 11.1 Å². The number of carbonyl (C=O) groups excluding carboxylic acids is 1. The summed E-state index contributed by atoms with van der Waals surface area (Å²) in [4.78, 5) is 11.7. The molecular weight excluding hydrogens is 218 g/mol. The summed E-state index contributed by atoms with van der Waals surface area (Å²) in [5.74, 6) is 0.366. The Balaban J connectivity index is 3.15. The summed E-state index contributed by atoms with van der Waals surface area (Å²) >= 11 is 0. The maximum Gasteiger partial charge on any atom is 0.255 e. The number of carbonyl (C=O) groups is 1. The van der Waals surface area contributed by atoms with Gasteiger partial charge in [0.1, 0.15) is 11.8 Å². The molecule has 0 heterocycles. The highest BCUT2D eigenvalue weighted by molar-refractivity contribution is 5.83. The lowest BCUT2D eigenvalue weighted by Crippen LogP contribution is -2.41. The molecule has 5 nitrogen and oxygen atoms in total. The Morgan fingerprint density at radius 1 is 1.41 bits per heavy atom. The molecule has 4 N–H and O–H groups in total. The fourth-order valence-electron chi connectivity index (χ4n) is 1.84. The Labute approximate surface area is 101 Å². The second-order valence-corrected chi connectivity index (χ2v) is 3.92. The van der Waals surface area contributed by atoms with Gasteiger partial charge < -0.3 is 10.5 Å². The molecule has 0 aliphatic carbocycles. The number of hydrogen-bond donors (Lipinski definition) is 3. The van der Waals surface area contributed by atoms with E-state index in [1.807, 2.05) is 26.0 Å². The number of methoxy groups -OCH3 is 1. The summed E-state index contributed by atoms with van der Waals surface area (Å²) in [7, 11) is 3.19. The van der Waals surface area contributed by atoms with Crippen LogP contribution in [0.5, 0.6) is 5.75 Å². The van der Waals surface area contributed by atoms with Crippen LogP contribution in [0.2, 0.25) is 0 Å². The minimum Gasteiger partial charge on any atom is -0.496 e. The monoisotopic (exact) mass is 237 g/mol. The van der Waals surface area contributed by atoms with Crippen molar-refractivity contribution in [2.45, 2.75) is 19.9 Å². The van der Waals surface area contributed by atoms with Crippen LogP contribution in [0, 0.1) is 13.8 Å². The highest BCUT2D eigenvalue weighted by Gasteiger charge is 2.20. The van der Waals surface area contributed by atoms with Crippen molar-refractivity contribution in [3.05, 3.63) is 28.8 Å². The van der Waals surface area contributed by atoms with Crippen LogP contribution >= 0.6 is 0 Å². The molecule has 0 aliphatic heterocycles. The quantitative estimate of drug-likeness (QED) is 0.669. The smallest absolute Gasteiger partial charge is 0.255 e. The fraction of sp³-hybridized carbons (Fsp3) is 0.417. The number of rotatable bonds is 4. The van der Waals surface area contributed by atoms with Crippen molar-refractivity contribution in [2.24, 2.45) is 5.73 Å². The maximum atomic E-state index is 11.7. The van der Waals surface area contributed by atoms with E-state index >= 15 is 0 Å². The van der Waals surface area contributed by atoms with Crippen LogP contribution in [-0.2, 0) is 4.79 Å². The third kappa shape index (κ3) is 2.95. The second-order valence-electron chi connectivity index (χ2n) is 3.92. The van der Waals surface area contributed by atoms with Gasteiger partial charge in [0.05, 0.1) is 7.11 Å². The highest BCUT2D eigenvalue weighted by atomic mass is 16.5. The van der Waals surface area contributed by atoms with Gasteiger partial charge in [0.15, 0.2) is 0 Å². The van der Waals surface area contributed by atoms with Gasteiger partial charge in [-0.05, 0) is 19.4 Å². The number of aryl methyl sites for hydroxylation is 2. The summed E-state index contributed by atoms with van der Waals surface area (Å²) in [6.45, 7) is 3.89. The van der Waals surface area contributed by atoms with E-state index in [9.17, 15) is 4.79 Å². The highest BCUT2D eigenvalue weighted by Crippen LogP contribution is 2.29. The van der Waals surface area contributed by atoms with E-state index < -0.39 is 6.04 Å². The summed E-state index contributed by atoms with van der Waals surface area (Å²) < 4.78 is 5.30. The summed E-state index contributed by atoms with van der Waals surface area (Å²) in [6, 6.07) is 3.10. The molecule has 1 aromatic carbocycles. The summed E-state index contributed by atoms with van der Waals surface area (Å²) in [5, 5.41) is 0. The largest absolute Gasteiger partial charge is 0.496 e. The number of nitrogens with two attached hydrogens (primary N) is 1. The SMILES string of the molecule is CNNC(=O)C(N)c1cc(C)cc(C)c1OC. The summed E-state index contributed by atoms with van der Waals surface area (Å²) in [5.41, 5.74) is 13.6. The number of hydrogen-bond acceptors (Lipinski definition) is 4. The van der Waals surface area contributed by atoms with Crippen molar-refractivity contribution >= 4 is 5.91 Å². The molecular formula is C12H19N3O2. The molecule has 0 saturated heterocycles. The number of nitrogens with one attached hydrogen (secondary N) is 2. The molecule has 0 bridgehead atoms. The Morgan fingerprint density at radius 3 is 2.59 bits per heavy atom. The van der Waals surface area contributed by atoms with E-state index in [2.05, 4.69) is 10.9 Å². The van der Waals surface area contributed by atoms with E-state index in [-0.39, 0.29) is 5.91 Å². The lowest BCUT2D eigenvalue weighted by atomic mass is 9.99. The van der Waals surface area contributed by atoms with Gasteiger partial charge >= 0.3 is 0 Å². The lowest BCUT2D eigenvalue weighted by Gasteiger charge is -2.17. The molecule has 1 atom stereocenters. The average molecular weight is 237 g/mol. The average Bonchev–Trinajstić information content (AvgIpc) is 2.27. The fourth-order valence-corrected chi connectivity index (χ4v) is 1.84. The van der Waals surface area contributed by atoms with E-state index in [0.29, 0.717) is 11.3 Å². The Morgan fingerprint density at radius 2 is 2.06 bits per heavy atom. The van der Waals surface area contributed by atoms with Crippen LogP contribution in [0.1, 0.15) is 22.7 Å². The zero-order valence-corrected chi connectivity index (χ0v) is 10.6. The Kier molecular flexibility index (Phi) is 4.48. The van der Waals surface area contributed by atoms with Gasteiger partial charge in [0, 0.05) is 12.6 Å².